The Morgan fingerprint density at radius 3 is 2.42 bits per heavy atom. The summed E-state index contributed by atoms with van der Waals surface area (Å²) in [6, 6.07) is 20.7. The molecule has 5 heteroatoms. The zero-order valence-electron chi connectivity index (χ0n) is 12.9. The zero-order chi connectivity index (χ0) is 16.8. The van der Waals surface area contributed by atoms with Gasteiger partial charge in [-0.25, -0.2) is 4.79 Å². The van der Waals surface area contributed by atoms with Gasteiger partial charge < -0.3 is 19.6 Å². The summed E-state index contributed by atoms with van der Waals surface area (Å²) in [5, 5.41) is 12.1. The summed E-state index contributed by atoms with van der Waals surface area (Å²) in [6.45, 7) is 0.940. The van der Waals surface area contributed by atoms with Crippen LogP contribution in [0.15, 0.2) is 71.1 Å². The van der Waals surface area contributed by atoms with Crippen LogP contribution in [0.1, 0.15) is 21.9 Å². The van der Waals surface area contributed by atoms with Crippen molar-refractivity contribution < 1.29 is 19.1 Å². The lowest BCUT2D eigenvalue weighted by Gasteiger charge is -2.08. The fraction of sp³-hybridized carbons (Fsp3) is 0.105. The molecule has 0 radical (unpaired) electrons. The van der Waals surface area contributed by atoms with E-state index in [4.69, 9.17) is 14.3 Å². The van der Waals surface area contributed by atoms with Crippen molar-refractivity contribution in [3.63, 3.8) is 0 Å². The third-order valence-electron chi connectivity index (χ3n) is 3.45. The molecule has 0 saturated carbocycles. The standard InChI is InChI=1S/C19H17NO4/c21-19(22)18-11-10-17(24-18)13-23-16-8-6-15(7-9-16)20-12-14-4-2-1-3-5-14/h1-11,20H,12-13H2,(H,21,22). The van der Waals surface area contributed by atoms with Gasteiger partial charge in [-0.1, -0.05) is 30.3 Å². The van der Waals surface area contributed by atoms with Gasteiger partial charge in [0.2, 0.25) is 5.76 Å². The van der Waals surface area contributed by atoms with Gasteiger partial charge in [0.1, 0.15) is 18.1 Å². The minimum absolute atomic E-state index is 0.0888. The Morgan fingerprint density at radius 1 is 1.00 bits per heavy atom. The van der Waals surface area contributed by atoms with Crippen LogP contribution in [0.4, 0.5) is 5.69 Å². The quantitative estimate of drug-likeness (QED) is 0.683. The number of carboxylic acid groups (broad SMARTS) is 1. The molecule has 1 aromatic heterocycles. The predicted octanol–water partition coefficient (Wildman–Crippen LogP) is 4.17. The second-order valence-electron chi connectivity index (χ2n) is 5.22. The predicted molar refractivity (Wildman–Crippen MR) is 90.2 cm³/mol. The molecule has 3 aromatic rings. The summed E-state index contributed by atoms with van der Waals surface area (Å²) in [5.74, 6) is -0.0173. The van der Waals surface area contributed by atoms with Gasteiger partial charge in [-0.3, -0.25) is 0 Å². The van der Waals surface area contributed by atoms with Gasteiger partial charge in [-0.2, -0.15) is 0 Å². The van der Waals surface area contributed by atoms with Crippen LogP contribution in [0.25, 0.3) is 0 Å². The number of furan rings is 1. The molecule has 3 rings (SSSR count). The summed E-state index contributed by atoms with van der Waals surface area (Å²) in [6.07, 6.45) is 0. The number of ether oxygens (including phenoxy) is 1. The van der Waals surface area contributed by atoms with Crippen LogP contribution in [-0.4, -0.2) is 11.1 Å². The molecular formula is C19H17NO4. The fourth-order valence-corrected chi connectivity index (χ4v) is 2.19. The molecule has 1 heterocycles. The van der Waals surface area contributed by atoms with Crippen molar-refractivity contribution in [2.45, 2.75) is 13.2 Å². The molecule has 0 unspecified atom stereocenters. The van der Waals surface area contributed by atoms with Gasteiger partial charge >= 0.3 is 5.97 Å². The Kier molecular flexibility index (Phi) is 4.81. The number of benzene rings is 2. The van der Waals surface area contributed by atoms with Crippen molar-refractivity contribution in [2.24, 2.45) is 0 Å². The molecule has 2 N–H and O–H groups in total. The third kappa shape index (κ3) is 4.16. The Hall–Kier alpha value is -3.21. The molecule has 24 heavy (non-hydrogen) atoms. The average molecular weight is 323 g/mol. The molecule has 0 fully saturated rings. The van der Waals surface area contributed by atoms with Crippen molar-refractivity contribution in [1.82, 2.24) is 0 Å². The molecule has 0 aliphatic carbocycles. The van der Waals surface area contributed by atoms with E-state index in [1.54, 1.807) is 6.07 Å². The lowest BCUT2D eigenvalue weighted by atomic mass is 10.2. The summed E-state index contributed by atoms with van der Waals surface area (Å²) in [4.78, 5) is 10.7. The van der Waals surface area contributed by atoms with E-state index in [-0.39, 0.29) is 12.4 Å². The third-order valence-corrected chi connectivity index (χ3v) is 3.45. The van der Waals surface area contributed by atoms with Crippen molar-refractivity contribution in [3.05, 3.63) is 83.8 Å². The first-order valence-corrected chi connectivity index (χ1v) is 7.53. The lowest BCUT2D eigenvalue weighted by molar-refractivity contribution is 0.0658. The number of aromatic carboxylic acids is 1. The molecule has 122 valence electrons. The van der Waals surface area contributed by atoms with Gasteiger partial charge in [0.15, 0.2) is 0 Å². The van der Waals surface area contributed by atoms with E-state index in [1.165, 1.54) is 11.6 Å². The van der Waals surface area contributed by atoms with Gasteiger partial charge in [0.05, 0.1) is 0 Å². The number of rotatable bonds is 7. The summed E-state index contributed by atoms with van der Waals surface area (Å²) < 4.78 is 10.7. The van der Waals surface area contributed by atoms with Crippen LogP contribution in [0, 0.1) is 0 Å². The van der Waals surface area contributed by atoms with Crippen LogP contribution in [0.3, 0.4) is 0 Å². The normalized spacial score (nSPS) is 10.3. The largest absolute Gasteiger partial charge is 0.486 e. The monoisotopic (exact) mass is 323 g/mol. The second kappa shape index (κ2) is 7.37. The number of hydrogen-bond donors (Lipinski definition) is 2. The lowest BCUT2D eigenvalue weighted by Crippen LogP contribution is -1.99. The number of nitrogens with one attached hydrogen (secondary N) is 1. The van der Waals surface area contributed by atoms with Crippen molar-refractivity contribution in [2.75, 3.05) is 5.32 Å². The number of carboxylic acids is 1. The van der Waals surface area contributed by atoms with E-state index in [0.29, 0.717) is 11.5 Å². The fourth-order valence-electron chi connectivity index (χ4n) is 2.19. The van der Waals surface area contributed by atoms with Crippen LogP contribution in [0.5, 0.6) is 5.75 Å². The number of anilines is 1. The van der Waals surface area contributed by atoms with Crippen molar-refractivity contribution in [1.29, 1.82) is 0 Å². The van der Waals surface area contributed by atoms with Gasteiger partial charge in [0.25, 0.3) is 0 Å². The minimum atomic E-state index is -1.09. The highest BCUT2D eigenvalue weighted by Crippen LogP contribution is 2.18. The topological polar surface area (TPSA) is 71.7 Å². The van der Waals surface area contributed by atoms with E-state index >= 15 is 0 Å². The van der Waals surface area contributed by atoms with Crippen LogP contribution < -0.4 is 10.1 Å². The average Bonchev–Trinajstić information content (AvgIpc) is 3.09. The molecule has 0 spiro atoms. The maximum absolute atomic E-state index is 10.7. The summed E-state index contributed by atoms with van der Waals surface area (Å²) >= 11 is 0. The molecule has 0 atom stereocenters. The Labute approximate surface area is 139 Å². The summed E-state index contributed by atoms with van der Waals surface area (Å²) in [5.41, 5.74) is 2.21. The van der Waals surface area contributed by atoms with E-state index in [1.807, 2.05) is 42.5 Å². The Bertz CT molecular complexity index is 794. The molecular weight excluding hydrogens is 306 g/mol. The first-order valence-electron chi connectivity index (χ1n) is 7.53. The Balaban J connectivity index is 1.51. The maximum atomic E-state index is 10.7. The van der Waals surface area contributed by atoms with Crippen LogP contribution in [0.2, 0.25) is 0 Å². The smallest absolute Gasteiger partial charge is 0.371 e. The second-order valence-corrected chi connectivity index (χ2v) is 5.22. The van der Waals surface area contributed by atoms with E-state index < -0.39 is 5.97 Å². The van der Waals surface area contributed by atoms with Gasteiger partial charge in [-0.05, 0) is 42.0 Å². The highest BCUT2D eigenvalue weighted by atomic mass is 16.5. The SMILES string of the molecule is O=C(O)c1ccc(COc2ccc(NCc3ccccc3)cc2)o1. The van der Waals surface area contributed by atoms with Gasteiger partial charge in [0, 0.05) is 12.2 Å². The molecule has 5 nitrogen and oxygen atoms in total. The highest BCUT2D eigenvalue weighted by Gasteiger charge is 2.09. The first kappa shape index (κ1) is 15.7. The van der Waals surface area contributed by atoms with Crippen molar-refractivity contribution >= 4 is 11.7 Å². The highest BCUT2D eigenvalue weighted by molar-refractivity contribution is 5.84. The molecule has 0 aliphatic heterocycles. The molecule has 0 aliphatic rings. The zero-order valence-corrected chi connectivity index (χ0v) is 12.9. The summed E-state index contributed by atoms with van der Waals surface area (Å²) in [7, 11) is 0. The molecule has 2 aromatic carbocycles. The van der Waals surface area contributed by atoms with E-state index in [0.717, 1.165) is 12.2 Å². The minimum Gasteiger partial charge on any atom is -0.486 e. The molecule has 0 amide bonds. The van der Waals surface area contributed by atoms with Crippen LogP contribution in [-0.2, 0) is 13.2 Å². The van der Waals surface area contributed by atoms with E-state index in [9.17, 15) is 4.79 Å². The van der Waals surface area contributed by atoms with Crippen LogP contribution >= 0.6 is 0 Å². The molecule has 0 bridgehead atoms. The maximum Gasteiger partial charge on any atom is 0.371 e. The van der Waals surface area contributed by atoms with E-state index in [2.05, 4.69) is 17.4 Å². The van der Waals surface area contributed by atoms with Gasteiger partial charge in [-0.15, -0.1) is 0 Å². The van der Waals surface area contributed by atoms with Crippen molar-refractivity contribution in [3.8, 4) is 5.75 Å². The molecule has 0 saturated heterocycles. The Morgan fingerprint density at radius 2 is 1.75 bits per heavy atom. The number of hydrogen-bond acceptors (Lipinski definition) is 4. The number of carbonyl (C=O) groups is 1. The first-order chi connectivity index (χ1) is 11.7.